The Morgan fingerprint density at radius 3 is 2.94 bits per heavy atom. The molecule has 1 fully saturated rings. The number of carbonyl (C=O) groups is 1. The van der Waals surface area contributed by atoms with E-state index in [1.807, 2.05) is 0 Å². The number of benzene rings is 1. The van der Waals surface area contributed by atoms with Gasteiger partial charge in [0.25, 0.3) is 0 Å². The van der Waals surface area contributed by atoms with Gasteiger partial charge in [-0.2, -0.15) is 4.89 Å². The number of nitrogens with zero attached hydrogens (tertiary/aromatic N) is 1. The van der Waals surface area contributed by atoms with E-state index in [1.165, 1.54) is 29.0 Å². The molecule has 2 aromatic rings. The van der Waals surface area contributed by atoms with Gasteiger partial charge >= 0.3 is 13.9 Å². The molecule has 1 aromatic carbocycles. The summed E-state index contributed by atoms with van der Waals surface area (Å²) in [6.45, 7) is -0.0753. The predicted molar refractivity (Wildman–Crippen MR) is 109 cm³/mol. The molecule has 2 aliphatic heterocycles. The molecule has 1 aromatic heterocycles. The molecule has 168 valence electrons. The Morgan fingerprint density at radius 1 is 1.42 bits per heavy atom. The van der Waals surface area contributed by atoms with Gasteiger partial charge in [-0.05, 0) is 31.0 Å². The third-order valence-electron chi connectivity index (χ3n) is 4.56. The maximum Gasteiger partial charge on any atom is 0.619 e. The van der Waals surface area contributed by atoms with Crippen LogP contribution in [0, 0.1) is 10.5 Å². The van der Waals surface area contributed by atoms with Crippen molar-refractivity contribution in [3.8, 4) is 5.75 Å². The van der Waals surface area contributed by atoms with Crippen LogP contribution in [-0.4, -0.2) is 45.7 Å². The van der Waals surface area contributed by atoms with Crippen LogP contribution in [0.2, 0.25) is 0 Å². The predicted octanol–water partition coefficient (Wildman–Crippen LogP) is 2.44. The van der Waals surface area contributed by atoms with Crippen molar-refractivity contribution in [2.45, 2.75) is 31.8 Å². The molecule has 10 nitrogen and oxygen atoms in total. The second kappa shape index (κ2) is 10.0. The van der Waals surface area contributed by atoms with Crippen molar-refractivity contribution in [2.75, 3.05) is 13.7 Å². The normalized spacial score (nSPS) is 24.5. The highest BCUT2D eigenvalue weighted by Crippen LogP contribution is 2.61. The van der Waals surface area contributed by atoms with Crippen LogP contribution in [-0.2, 0) is 20.4 Å². The van der Waals surface area contributed by atoms with Crippen molar-refractivity contribution in [3.63, 3.8) is 0 Å². The average Bonchev–Trinajstić information content (AvgIpc) is 3.23. The minimum absolute atomic E-state index is 0.0323. The van der Waals surface area contributed by atoms with Crippen molar-refractivity contribution < 1.29 is 37.5 Å². The van der Waals surface area contributed by atoms with E-state index in [4.69, 9.17) is 35.6 Å². The van der Waals surface area contributed by atoms with E-state index in [0.29, 0.717) is 30.4 Å². The van der Waals surface area contributed by atoms with Crippen LogP contribution in [0.15, 0.2) is 29.2 Å². The van der Waals surface area contributed by atoms with E-state index in [9.17, 15) is 18.9 Å². The van der Waals surface area contributed by atoms with Crippen LogP contribution < -0.4 is 10.2 Å². The van der Waals surface area contributed by atoms with Crippen LogP contribution in [0.3, 0.4) is 0 Å². The Kier molecular flexibility index (Phi) is 7.65. The maximum atomic E-state index is 13.3. The van der Waals surface area contributed by atoms with E-state index in [-0.39, 0.29) is 23.4 Å². The molecule has 0 bridgehead atoms. The maximum absolute atomic E-state index is 13.3. The Labute approximate surface area is 181 Å². The minimum Gasteiger partial charge on any atom is -0.400 e. The number of aromatic amines is 1. The summed E-state index contributed by atoms with van der Waals surface area (Å²) >= 11 is 4.92. The molecule has 0 spiro atoms. The Morgan fingerprint density at radius 2 is 2.19 bits per heavy atom. The SMILES string of the molecule is CO.O=Cc1cn(C2CCC(CO[P+]3(O)OCc4cc(F)ccc4O3)O2)c(=O)[nH]c1=S. The van der Waals surface area contributed by atoms with Crippen molar-refractivity contribution in [2.24, 2.45) is 0 Å². The number of fused-ring (bicyclic) bond motifs is 1. The lowest BCUT2D eigenvalue weighted by atomic mass is 10.2. The quantitative estimate of drug-likeness (QED) is 0.339. The van der Waals surface area contributed by atoms with Gasteiger partial charge in [-0.3, -0.25) is 18.9 Å². The van der Waals surface area contributed by atoms with E-state index in [2.05, 4.69) is 4.98 Å². The van der Waals surface area contributed by atoms with Crippen molar-refractivity contribution in [1.82, 2.24) is 9.55 Å². The number of halogens is 1. The number of carbonyl (C=O) groups excluding carboxylic acids is 1. The fourth-order valence-corrected chi connectivity index (χ4v) is 4.56. The van der Waals surface area contributed by atoms with Gasteiger partial charge in [0.2, 0.25) is 0 Å². The Hall–Kier alpha value is -2.05. The molecule has 3 N–H and O–H groups in total. The van der Waals surface area contributed by atoms with Gasteiger partial charge in [0.15, 0.2) is 12.0 Å². The molecule has 31 heavy (non-hydrogen) atoms. The summed E-state index contributed by atoms with van der Waals surface area (Å²) in [4.78, 5) is 36.1. The molecule has 3 unspecified atom stereocenters. The van der Waals surface area contributed by atoms with Crippen LogP contribution in [0.25, 0.3) is 0 Å². The number of aliphatic hydroxyl groups excluding tert-OH is 1. The summed E-state index contributed by atoms with van der Waals surface area (Å²) in [5.41, 5.74) is 0.172. The molecule has 4 rings (SSSR count). The first kappa shape index (κ1) is 23.6. The lowest BCUT2D eigenvalue weighted by molar-refractivity contribution is -0.0301. The smallest absolute Gasteiger partial charge is 0.400 e. The van der Waals surface area contributed by atoms with E-state index >= 15 is 0 Å². The molecule has 0 aliphatic carbocycles. The minimum atomic E-state index is -3.62. The van der Waals surface area contributed by atoms with Gasteiger partial charge in [0.1, 0.15) is 29.9 Å². The second-order valence-corrected chi connectivity index (χ2v) is 8.58. The monoisotopic (exact) mass is 475 g/mol. The van der Waals surface area contributed by atoms with Crippen LogP contribution >= 0.6 is 20.4 Å². The highest BCUT2D eigenvalue weighted by atomic mass is 32.1. The number of aldehydes is 1. The summed E-state index contributed by atoms with van der Waals surface area (Å²) < 4.78 is 36.5. The van der Waals surface area contributed by atoms with Gasteiger partial charge < -0.3 is 9.84 Å². The second-order valence-electron chi connectivity index (χ2n) is 6.54. The van der Waals surface area contributed by atoms with Crippen molar-refractivity contribution >= 4 is 26.7 Å². The fourth-order valence-electron chi connectivity index (χ4n) is 3.11. The zero-order valence-corrected chi connectivity index (χ0v) is 18.1. The molecule has 0 radical (unpaired) electrons. The molecule has 13 heteroatoms. The lowest BCUT2D eigenvalue weighted by Gasteiger charge is -2.22. The summed E-state index contributed by atoms with van der Waals surface area (Å²) in [6.07, 6.45) is 1.92. The molecule has 3 atom stereocenters. The van der Waals surface area contributed by atoms with Crippen LogP contribution in [0.1, 0.15) is 35.0 Å². The molecule has 1 saturated heterocycles. The van der Waals surface area contributed by atoms with E-state index in [1.54, 1.807) is 0 Å². The summed E-state index contributed by atoms with van der Waals surface area (Å²) in [7, 11) is -2.62. The molecule has 0 saturated carbocycles. The van der Waals surface area contributed by atoms with Gasteiger partial charge in [-0.25, -0.2) is 9.18 Å². The van der Waals surface area contributed by atoms with Gasteiger partial charge in [0.05, 0.1) is 11.7 Å². The number of rotatable bonds is 5. The van der Waals surface area contributed by atoms with Gasteiger partial charge in [-0.15, -0.1) is 9.05 Å². The highest BCUT2D eigenvalue weighted by Gasteiger charge is 2.51. The summed E-state index contributed by atoms with van der Waals surface area (Å²) in [6, 6.07) is 3.88. The van der Waals surface area contributed by atoms with Crippen LogP contribution in [0.4, 0.5) is 4.39 Å². The topological polar surface area (TPSA) is 132 Å². The zero-order valence-electron chi connectivity index (χ0n) is 16.4. The number of aliphatic hydroxyl groups is 1. The summed E-state index contributed by atoms with van der Waals surface area (Å²) in [5, 5.41) is 7.00. The first-order valence-corrected chi connectivity index (χ1v) is 11.1. The van der Waals surface area contributed by atoms with Gasteiger partial charge in [-0.1, -0.05) is 12.2 Å². The molecule has 2 aliphatic rings. The van der Waals surface area contributed by atoms with Gasteiger partial charge in [0, 0.05) is 18.9 Å². The highest BCUT2D eigenvalue weighted by molar-refractivity contribution is 7.71. The molecular formula is C18H21FN2O8PS+. The average molecular weight is 475 g/mol. The lowest BCUT2D eigenvalue weighted by Crippen LogP contribution is -2.28. The first-order valence-electron chi connectivity index (χ1n) is 9.16. The number of aromatic nitrogens is 2. The third-order valence-corrected chi connectivity index (χ3v) is 6.26. The largest absolute Gasteiger partial charge is 0.619 e. The number of nitrogens with one attached hydrogen (secondary N) is 1. The Bertz CT molecular complexity index is 1060. The van der Waals surface area contributed by atoms with E-state index in [0.717, 1.165) is 7.11 Å². The number of ether oxygens (including phenoxy) is 1. The number of hydrogen-bond donors (Lipinski definition) is 3. The fraction of sp³-hybridized carbons (Fsp3) is 0.389. The van der Waals surface area contributed by atoms with Crippen molar-refractivity contribution in [3.05, 3.63) is 56.5 Å². The molecule has 3 heterocycles. The summed E-state index contributed by atoms with van der Waals surface area (Å²) in [5.74, 6) is -0.133. The first-order chi connectivity index (χ1) is 14.9. The molecule has 0 amide bonds. The van der Waals surface area contributed by atoms with E-state index < -0.39 is 32.0 Å². The number of hydrogen-bond acceptors (Lipinski definition) is 9. The Balaban J connectivity index is 0.00000132. The number of H-pyrrole nitrogens is 1. The molecular weight excluding hydrogens is 454 g/mol. The van der Waals surface area contributed by atoms with Crippen LogP contribution in [0.5, 0.6) is 5.75 Å². The third kappa shape index (κ3) is 5.42. The zero-order chi connectivity index (χ0) is 22.6. The van der Waals surface area contributed by atoms with Crippen molar-refractivity contribution in [1.29, 1.82) is 0 Å². The standard InChI is InChI=1S/C17H16FN2O7PS.CH4O/c18-12-1-3-14-10(5-12)8-24-28(23,27-14)25-9-13-2-4-15(26-13)20-6-11(7-21)16(29)19-17(20)22;1-2/h1,3,5-7,13,15,23H,2,4,8-9H2;2H,1H3/p+1.